The topological polar surface area (TPSA) is 67.9 Å². The van der Waals surface area contributed by atoms with Crippen LogP contribution < -0.4 is 0 Å². The van der Waals surface area contributed by atoms with Crippen LogP contribution in [0, 0.1) is 11.8 Å². The average Bonchev–Trinajstić information content (AvgIpc) is 2.76. The third-order valence-corrected chi connectivity index (χ3v) is 1.94. The maximum atomic E-state index is 10.8. The van der Waals surface area contributed by atoms with Crippen LogP contribution in [0.2, 0.25) is 0 Å². The van der Waals surface area contributed by atoms with Gasteiger partial charge in [0.2, 0.25) is 0 Å². The van der Waals surface area contributed by atoms with E-state index in [0.717, 1.165) is 11.2 Å². The summed E-state index contributed by atoms with van der Waals surface area (Å²) in [6.45, 7) is 0. The molecule has 0 radical (unpaired) electrons. The number of aromatic amines is 1. The van der Waals surface area contributed by atoms with E-state index in [0.29, 0.717) is 5.69 Å². The highest BCUT2D eigenvalue weighted by molar-refractivity contribution is 5.73. The van der Waals surface area contributed by atoms with Crippen LogP contribution in [0.5, 0.6) is 0 Å². The fourth-order valence-electron chi connectivity index (χ4n) is 1.17. The summed E-state index contributed by atoms with van der Waals surface area (Å²) in [6, 6.07) is 1.81. The van der Waals surface area contributed by atoms with Gasteiger partial charge in [0, 0.05) is 6.20 Å². The molecule has 0 saturated carbocycles. The van der Waals surface area contributed by atoms with Crippen LogP contribution in [0.3, 0.4) is 0 Å². The van der Waals surface area contributed by atoms with Crippen LogP contribution in [0.1, 0.15) is 12.1 Å². The van der Waals surface area contributed by atoms with Gasteiger partial charge in [-0.2, -0.15) is 0 Å². The predicted octanol–water partition coefficient (Wildman–Crippen LogP) is 0.873. The van der Waals surface area contributed by atoms with Crippen molar-refractivity contribution < 1.29 is 9.53 Å². The van der Waals surface area contributed by atoms with Gasteiger partial charge in [0.15, 0.2) is 5.65 Å². The van der Waals surface area contributed by atoms with E-state index in [1.54, 1.807) is 12.4 Å². The average molecular weight is 215 g/mol. The van der Waals surface area contributed by atoms with Crippen molar-refractivity contribution in [2.75, 3.05) is 7.11 Å². The highest BCUT2D eigenvalue weighted by atomic mass is 16.5. The number of fused-ring (bicyclic) bond motifs is 1. The summed E-state index contributed by atoms with van der Waals surface area (Å²) < 4.78 is 4.46. The van der Waals surface area contributed by atoms with E-state index in [4.69, 9.17) is 0 Å². The van der Waals surface area contributed by atoms with Gasteiger partial charge in [-0.25, -0.2) is 9.97 Å². The molecule has 2 heterocycles. The van der Waals surface area contributed by atoms with E-state index in [1.807, 2.05) is 6.07 Å². The number of rotatable bonds is 1. The smallest absolute Gasteiger partial charge is 0.317 e. The Bertz CT molecular complexity index is 577. The van der Waals surface area contributed by atoms with Crippen LogP contribution in [-0.4, -0.2) is 28.0 Å². The Morgan fingerprint density at radius 2 is 2.50 bits per heavy atom. The van der Waals surface area contributed by atoms with Gasteiger partial charge in [0.05, 0.1) is 13.3 Å². The Morgan fingerprint density at radius 1 is 1.62 bits per heavy atom. The van der Waals surface area contributed by atoms with Crippen LogP contribution in [0.15, 0.2) is 18.5 Å². The summed E-state index contributed by atoms with van der Waals surface area (Å²) >= 11 is 0. The number of nitrogens with zero attached hydrogens (tertiary/aromatic N) is 2. The van der Waals surface area contributed by atoms with Crippen LogP contribution in [0.4, 0.5) is 0 Å². The van der Waals surface area contributed by atoms with E-state index in [1.165, 1.54) is 7.11 Å². The summed E-state index contributed by atoms with van der Waals surface area (Å²) in [5.41, 5.74) is 2.01. The first-order valence-electron chi connectivity index (χ1n) is 4.65. The van der Waals surface area contributed by atoms with Crippen LogP contribution >= 0.6 is 0 Å². The summed E-state index contributed by atoms with van der Waals surface area (Å²) in [5, 5.41) is 0. The molecular weight excluding hydrogens is 206 g/mol. The fourth-order valence-corrected chi connectivity index (χ4v) is 1.17. The molecule has 5 heteroatoms. The molecule has 0 aliphatic carbocycles. The third kappa shape index (κ3) is 2.17. The quantitative estimate of drug-likeness (QED) is 0.566. The maximum Gasteiger partial charge on any atom is 0.317 e. The van der Waals surface area contributed by atoms with Crippen molar-refractivity contribution in [1.29, 1.82) is 0 Å². The highest BCUT2D eigenvalue weighted by Crippen LogP contribution is 2.05. The molecule has 0 fully saturated rings. The van der Waals surface area contributed by atoms with E-state index in [9.17, 15) is 4.79 Å². The summed E-state index contributed by atoms with van der Waals surface area (Å²) in [5.74, 6) is 5.07. The molecule has 5 nitrogen and oxygen atoms in total. The number of nitrogens with one attached hydrogen (secondary N) is 1. The van der Waals surface area contributed by atoms with Crippen molar-refractivity contribution in [2.24, 2.45) is 0 Å². The van der Waals surface area contributed by atoms with Gasteiger partial charge in [-0.1, -0.05) is 5.92 Å². The number of H-pyrrole nitrogens is 1. The highest BCUT2D eigenvalue weighted by Gasteiger charge is 1.98. The number of hydrogen-bond acceptors (Lipinski definition) is 4. The second-order valence-electron chi connectivity index (χ2n) is 3.02. The number of aromatic nitrogens is 3. The second kappa shape index (κ2) is 4.45. The van der Waals surface area contributed by atoms with Crippen molar-refractivity contribution in [1.82, 2.24) is 15.0 Å². The van der Waals surface area contributed by atoms with Gasteiger partial charge in [0.25, 0.3) is 0 Å². The zero-order valence-electron chi connectivity index (χ0n) is 8.65. The molecule has 0 unspecified atom stereocenters. The summed E-state index contributed by atoms with van der Waals surface area (Å²) in [6.07, 6.45) is 3.38. The van der Waals surface area contributed by atoms with Crippen molar-refractivity contribution in [3.63, 3.8) is 0 Å². The van der Waals surface area contributed by atoms with Crippen molar-refractivity contribution in [3.05, 3.63) is 24.2 Å². The minimum absolute atomic E-state index is 0.0589. The number of carbonyl (C=O) groups excluding carboxylic acids is 1. The molecule has 0 aromatic carbocycles. The Kier molecular flexibility index (Phi) is 2.83. The first kappa shape index (κ1) is 10.2. The lowest BCUT2D eigenvalue weighted by molar-refractivity contribution is -0.139. The van der Waals surface area contributed by atoms with Crippen molar-refractivity contribution in [2.45, 2.75) is 6.42 Å². The van der Waals surface area contributed by atoms with Gasteiger partial charge < -0.3 is 9.72 Å². The number of ether oxygens (including phenoxy) is 1. The first-order valence-corrected chi connectivity index (χ1v) is 4.65. The minimum Gasteiger partial charge on any atom is -0.468 e. The van der Waals surface area contributed by atoms with Gasteiger partial charge in [-0.15, -0.1) is 0 Å². The van der Waals surface area contributed by atoms with E-state index >= 15 is 0 Å². The Hall–Kier alpha value is -2.35. The molecule has 16 heavy (non-hydrogen) atoms. The van der Waals surface area contributed by atoms with Gasteiger partial charge in [-0.3, -0.25) is 4.79 Å². The molecule has 0 atom stereocenters. The molecule has 80 valence electrons. The normalized spacial score (nSPS) is 9.56. The standard InChI is InChI=1S/C11H9N3O2/c1-16-10(15)4-2-3-8-7-13-11-9(14-8)5-6-12-11/h5-7H,4H2,1H3,(H,12,13). The Morgan fingerprint density at radius 3 is 3.31 bits per heavy atom. The lowest BCUT2D eigenvalue weighted by Gasteiger charge is -1.91. The molecule has 0 bridgehead atoms. The summed E-state index contributed by atoms with van der Waals surface area (Å²) in [4.78, 5) is 22.1. The van der Waals surface area contributed by atoms with Gasteiger partial charge >= 0.3 is 5.97 Å². The molecule has 0 saturated heterocycles. The Balaban J connectivity index is 2.17. The van der Waals surface area contributed by atoms with Gasteiger partial charge in [-0.05, 0) is 12.0 Å². The van der Waals surface area contributed by atoms with E-state index in [-0.39, 0.29) is 12.4 Å². The lowest BCUT2D eigenvalue weighted by atomic mass is 10.3. The van der Waals surface area contributed by atoms with E-state index < -0.39 is 0 Å². The number of hydrogen-bond donors (Lipinski definition) is 1. The number of methoxy groups -OCH3 is 1. The maximum absolute atomic E-state index is 10.8. The van der Waals surface area contributed by atoms with E-state index in [2.05, 4.69) is 31.5 Å². The number of carbonyl (C=O) groups is 1. The van der Waals surface area contributed by atoms with Crippen LogP contribution in [-0.2, 0) is 9.53 Å². The zero-order valence-corrected chi connectivity index (χ0v) is 8.65. The van der Waals surface area contributed by atoms with Crippen molar-refractivity contribution in [3.8, 4) is 11.8 Å². The molecule has 0 amide bonds. The molecule has 2 aromatic heterocycles. The Labute approximate surface area is 91.9 Å². The molecule has 0 spiro atoms. The third-order valence-electron chi connectivity index (χ3n) is 1.94. The fraction of sp³-hybridized carbons (Fsp3) is 0.182. The molecule has 2 rings (SSSR count). The monoisotopic (exact) mass is 215 g/mol. The summed E-state index contributed by atoms with van der Waals surface area (Å²) in [7, 11) is 1.33. The van der Waals surface area contributed by atoms with Crippen molar-refractivity contribution >= 4 is 17.1 Å². The largest absolute Gasteiger partial charge is 0.468 e. The minimum atomic E-state index is -0.358. The molecular formula is C11H9N3O2. The molecule has 1 N–H and O–H groups in total. The molecule has 0 aliphatic rings. The molecule has 0 aliphatic heterocycles. The number of esters is 1. The zero-order chi connectivity index (χ0) is 11.4. The molecule has 2 aromatic rings. The predicted molar refractivity (Wildman–Crippen MR) is 57.4 cm³/mol. The lowest BCUT2D eigenvalue weighted by Crippen LogP contribution is -1.97. The SMILES string of the molecule is COC(=O)CC#Cc1cnc2[nH]ccc2n1. The first-order chi connectivity index (χ1) is 7.79. The van der Waals surface area contributed by atoms with Gasteiger partial charge in [0.1, 0.15) is 17.6 Å². The second-order valence-corrected chi connectivity index (χ2v) is 3.02. The van der Waals surface area contributed by atoms with Crippen LogP contribution in [0.25, 0.3) is 11.2 Å².